The Morgan fingerprint density at radius 3 is 2.67 bits per heavy atom. The largest absolute Gasteiger partial charge is 0.392 e. The SMILES string of the molecule is C=CC(=O)N(CC(=O)NCC1CCC2(CCOCC2)C1O)CC1CCCO1. The van der Waals surface area contributed by atoms with Gasteiger partial charge < -0.3 is 24.8 Å². The van der Waals surface area contributed by atoms with E-state index in [-0.39, 0.29) is 35.8 Å². The second-order valence-corrected chi connectivity index (χ2v) is 8.08. The first-order valence-electron chi connectivity index (χ1n) is 10.1. The quantitative estimate of drug-likeness (QED) is 0.640. The van der Waals surface area contributed by atoms with Crippen molar-refractivity contribution in [1.82, 2.24) is 10.2 Å². The summed E-state index contributed by atoms with van der Waals surface area (Å²) in [6.07, 6.45) is 6.39. The topological polar surface area (TPSA) is 88.1 Å². The Balaban J connectivity index is 1.47. The van der Waals surface area contributed by atoms with Gasteiger partial charge in [0.2, 0.25) is 11.8 Å². The Labute approximate surface area is 161 Å². The summed E-state index contributed by atoms with van der Waals surface area (Å²) in [4.78, 5) is 26.0. The van der Waals surface area contributed by atoms with Crippen LogP contribution in [0.4, 0.5) is 0 Å². The predicted molar refractivity (Wildman–Crippen MR) is 100.0 cm³/mol. The van der Waals surface area contributed by atoms with Crippen LogP contribution in [0.3, 0.4) is 0 Å². The van der Waals surface area contributed by atoms with E-state index in [1.54, 1.807) is 0 Å². The molecular formula is C20H32N2O5. The van der Waals surface area contributed by atoms with E-state index in [4.69, 9.17) is 9.47 Å². The number of nitrogens with one attached hydrogen (secondary N) is 1. The summed E-state index contributed by atoms with van der Waals surface area (Å²) in [5.41, 5.74) is -0.0434. The fraction of sp³-hybridized carbons (Fsp3) is 0.800. The Morgan fingerprint density at radius 1 is 1.22 bits per heavy atom. The third-order valence-corrected chi connectivity index (χ3v) is 6.41. The average molecular weight is 380 g/mol. The van der Waals surface area contributed by atoms with Gasteiger partial charge in [0.1, 0.15) is 0 Å². The summed E-state index contributed by atoms with van der Waals surface area (Å²) in [5, 5.41) is 13.7. The van der Waals surface area contributed by atoms with Gasteiger partial charge in [0.25, 0.3) is 0 Å². The molecule has 3 atom stereocenters. The maximum atomic E-state index is 12.4. The molecule has 0 aromatic rings. The van der Waals surface area contributed by atoms with E-state index in [0.29, 0.717) is 32.9 Å². The molecule has 7 nitrogen and oxygen atoms in total. The van der Waals surface area contributed by atoms with E-state index in [1.807, 2.05) is 0 Å². The number of hydrogen-bond donors (Lipinski definition) is 2. The van der Waals surface area contributed by atoms with E-state index < -0.39 is 6.10 Å². The first kappa shape index (κ1) is 20.3. The maximum absolute atomic E-state index is 12.4. The molecule has 2 amide bonds. The number of aliphatic hydroxyl groups excluding tert-OH is 1. The first-order valence-corrected chi connectivity index (χ1v) is 10.1. The molecule has 1 spiro atoms. The highest BCUT2D eigenvalue weighted by Gasteiger charge is 2.48. The highest BCUT2D eigenvalue weighted by Crippen LogP contribution is 2.48. The van der Waals surface area contributed by atoms with Crippen molar-refractivity contribution in [2.75, 3.05) is 39.5 Å². The number of hydrogen-bond acceptors (Lipinski definition) is 5. The van der Waals surface area contributed by atoms with Crippen LogP contribution in [0.5, 0.6) is 0 Å². The lowest BCUT2D eigenvalue weighted by molar-refractivity contribution is -0.134. The van der Waals surface area contributed by atoms with Gasteiger partial charge in [-0.2, -0.15) is 0 Å². The van der Waals surface area contributed by atoms with E-state index >= 15 is 0 Å². The fourth-order valence-corrected chi connectivity index (χ4v) is 4.69. The van der Waals surface area contributed by atoms with Gasteiger partial charge >= 0.3 is 0 Å². The van der Waals surface area contributed by atoms with Gasteiger partial charge in [-0.05, 0) is 44.6 Å². The van der Waals surface area contributed by atoms with Crippen LogP contribution in [0.25, 0.3) is 0 Å². The van der Waals surface area contributed by atoms with Gasteiger partial charge in [0.05, 0.1) is 18.8 Å². The molecule has 0 radical (unpaired) electrons. The zero-order valence-electron chi connectivity index (χ0n) is 16.0. The standard InChI is InChI=1S/C20H32N2O5/c1-2-18(24)22(13-16-4-3-9-27-16)14-17(23)21-12-15-5-6-20(19(15)25)7-10-26-11-8-20/h2,15-16,19,25H,1,3-14H2,(H,21,23). The van der Waals surface area contributed by atoms with Gasteiger partial charge in [-0.3, -0.25) is 9.59 Å². The molecule has 0 aromatic heterocycles. The molecule has 1 saturated carbocycles. The molecule has 0 aromatic carbocycles. The predicted octanol–water partition coefficient (Wildman–Crippen LogP) is 0.864. The van der Waals surface area contributed by atoms with Crippen LogP contribution in [0.1, 0.15) is 38.5 Å². The lowest BCUT2D eigenvalue weighted by Gasteiger charge is -2.37. The van der Waals surface area contributed by atoms with Crippen molar-refractivity contribution in [3.63, 3.8) is 0 Å². The second kappa shape index (κ2) is 9.17. The molecule has 2 heterocycles. The van der Waals surface area contributed by atoms with Crippen LogP contribution in [0.15, 0.2) is 12.7 Å². The average Bonchev–Trinajstić information content (AvgIpc) is 3.29. The van der Waals surface area contributed by atoms with Crippen LogP contribution in [0.2, 0.25) is 0 Å². The van der Waals surface area contributed by atoms with Crippen LogP contribution in [0, 0.1) is 11.3 Å². The molecular weight excluding hydrogens is 348 g/mol. The van der Waals surface area contributed by atoms with E-state index in [0.717, 1.165) is 38.5 Å². The molecule has 7 heteroatoms. The number of carbonyl (C=O) groups excluding carboxylic acids is 2. The molecule has 152 valence electrons. The molecule has 3 unspecified atom stereocenters. The smallest absolute Gasteiger partial charge is 0.246 e. The van der Waals surface area contributed by atoms with Crippen molar-refractivity contribution in [3.05, 3.63) is 12.7 Å². The second-order valence-electron chi connectivity index (χ2n) is 8.08. The molecule has 3 fully saturated rings. The number of aliphatic hydroxyl groups is 1. The lowest BCUT2D eigenvalue weighted by atomic mass is 9.76. The van der Waals surface area contributed by atoms with Crippen LogP contribution in [-0.4, -0.2) is 73.5 Å². The zero-order valence-corrected chi connectivity index (χ0v) is 16.0. The van der Waals surface area contributed by atoms with Crippen molar-refractivity contribution in [2.24, 2.45) is 11.3 Å². The van der Waals surface area contributed by atoms with Gasteiger partial charge in [-0.1, -0.05) is 6.58 Å². The van der Waals surface area contributed by atoms with Gasteiger partial charge in [-0.15, -0.1) is 0 Å². The molecule has 1 aliphatic carbocycles. The molecule has 27 heavy (non-hydrogen) atoms. The van der Waals surface area contributed by atoms with Crippen molar-refractivity contribution in [2.45, 2.75) is 50.7 Å². The van der Waals surface area contributed by atoms with Crippen molar-refractivity contribution >= 4 is 11.8 Å². The summed E-state index contributed by atoms with van der Waals surface area (Å²) < 4.78 is 11.0. The van der Waals surface area contributed by atoms with Crippen molar-refractivity contribution in [3.8, 4) is 0 Å². The third-order valence-electron chi connectivity index (χ3n) is 6.41. The number of ether oxygens (including phenoxy) is 2. The minimum Gasteiger partial charge on any atom is -0.392 e. The Bertz CT molecular complexity index is 540. The summed E-state index contributed by atoms with van der Waals surface area (Å²) in [7, 11) is 0. The van der Waals surface area contributed by atoms with Crippen molar-refractivity contribution < 1.29 is 24.2 Å². The number of rotatable bonds is 7. The van der Waals surface area contributed by atoms with Gasteiger partial charge in [0, 0.05) is 44.2 Å². The van der Waals surface area contributed by atoms with Crippen molar-refractivity contribution in [1.29, 1.82) is 0 Å². The lowest BCUT2D eigenvalue weighted by Crippen LogP contribution is -2.46. The molecule has 2 saturated heterocycles. The normalized spacial score (nSPS) is 29.6. The fourth-order valence-electron chi connectivity index (χ4n) is 4.69. The monoisotopic (exact) mass is 380 g/mol. The Kier molecular flexibility index (Phi) is 6.89. The van der Waals surface area contributed by atoms with Gasteiger partial charge in [0.15, 0.2) is 0 Å². The Morgan fingerprint density at radius 2 is 2.00 bits per heavy atom. The van der Waals surface area contributed by atoms with Crippen LogP contribution < -0.4 is 5.32 Å². The molecule has 3 rings (SSSR count). The molecule has 2 aliphatic heterocycles. The Hall–Kier alpha value is -1.44. The minimum atomic E-state index is -0.403. The zero-order chi connectivity index (χ0) is 19.3. The number of carbonyl (C=O) groups is 2. The summed E-state index contributed by atoms with van der Waals surface area (Å²) in [6.45, 7) is 6.49. The molecule has 0 bridgehead atoms. The highest BCUT2D eigenvalue weighted by molar-refractivity contribution is 5.90. The summed E-state index contributed by atoms with van der Waals surface area (Å²) in [6, 6.07) is 0. The van der Waals surface area contributed by atoms with Gasteiger partial charge in [-0.25, -0.2) is 0 Å². The number of amides is 2. The first-order chi connectivity index (χ1) is 13.0. The van der Waals surface area contributed by atoms with Crippen LogP contribution in [-0.2, 0) is 19.1 Å². The molecule has 2 N–H and O–H groups in total. The maximum Gasteiger partial charge on any atom is 0.246 e. The van der Waals surface area contributed by atoms with E-state index in [9.17, 15) is 14.7 Å². The summed E-state index contributed by atoms with van der Waals surface area (Å²) in [5.74, 6) is -0.403. The number of nitrogens with zero attached hydrogens (tertiary/aromatic N) is 1. The minimum absolute atomic E-state index is 0.00743. The summed E-state index contributed by atoms with van der Waals surface area (Å²) >= 11 is 0. The third kappa shape index (κ3) is 4.89. The van der Waals surface area contributed by atoms with E-state index in [1.165, 1.54) is 11.0 Å². The highest BCUT2D eigenvalue weighted by atomic mass is 16.5. The van der Waals surface area contributed by atoms with Crippen LogP contribution >= 0.6 is 0 Å². The van der Waals surface area contributed by atoms with E-state index in [2.05, 4.69) is 11.9 Å². The molecule has 3 aliphatic rings.